The van der Waals surface area contributed by atoms with E-state index in [9.17, 15) is 14.7 Å². The van der Waals surface area contributed by atoms with Crippen molar-refractivity contribution >= 4 is 12.1 Å². The summed E-state index contributed by atoms with van der Waals surface area (Å²) in [5.74, 6) is -0.463. The molecule has 1 amide bonds. The molecule has 0 aromatic carbocycles. The molecule has 8 heteroatoms. The number of rotatable bonds is 3. The zero-order chi connectivity index (χ0) is 17.2. The molecule has 2 rings (SSSR count). The van der Waals surface area contributed by atoms with Crippen molar-refractivity contribution in [2.75, 3.05) is 19.7 Å². The van der Waals surface area contributed by atoms with Crippen molar-refractivity contribution < 1.29 is 24.2 Å². The molecule has 0 saturated carbocycles. The second-order valence-corrected chi connectivity index (χ2v) is 6.45. The van der Waals surface area contributed by atoms with Crippen LogP contribution < -0.4 is 0 Å². The van der Waals surface area contributed by atoms with Crippen molar-refractivity contribution in [3.8, 4) is 0 Å². The minimum absolute atomic E-state index is 0.161. The van der Waals surface area contributed by atoms with Gasteiger partial charge in [-0.2, -0.15) is 5.10 Å². The number of carbonyl (C=O) groups excluding carboxylic acids is 2. The van der Waals surface area contributed by atoms with Crippen LogP contribution in [0, 0.1) is 0 Å². The van der Waals surface area contributed by atoms with Gasteiger partial charge in [0, 0.05) is 12.7 Å². The Kier molecular flexibility index (Phi) is 4.93. The van der Waals surface area contributed by atoms with E-state index in [1.165, 1.54) is 22.0 Å². The van der Waals surface area contributed by atoms with E-state index < -0.39 is 29.8 Å². The fraction of sp³-hybridized carbons (Fsp3) is 0.667. The zero-order valence-electron chi connectivity index (χ0n) is 13.9. The summed E-state index contributed by atoms with van der Waals surface area (Å²) in [6, 6.07) is -0.425. The normalized spacial score (nSPS) is 21.3. The molecule has 0 radical (unpaired) electrons. The van der Waals surface area contributed by atoms with Gasteiger partial charge in [-0.25, -0.2) is 9.59 Å². The molecule has 0 bridgehead atoms. The molecule has 2 atom stereocenters. The lowest BCUT2D eigenvalue weighted by atomic mass is 10.2. The third-order valence-corrected chi connectivity index (χ3v) is 3.36. The Hall–Kier alpha value is -2.09. The van der Waals surface area contributed by atoms with Gasteiger partial charge >= 0.3 is 12.1 Å². The van der Waals surface area contributed by atoms with E-state index in [-0.39, 0.29) is 19.7 Å². The molecule has 23 heavy (non-hydrogen) atoms. The number of β-amino-alcohol motifs (C(OH)–C–C–N with tert-alkyl or cyclic N) is 1. The minimum atomic E-state index is -0.780. The molecule has 1 fully saturated rings. The van der Waals surface area contributed by atoms with Gasteiger partial charge in [-0.05, 0) is 27.7 Å². The van der Waals surface area contributed by atoms with Crippen LogP contribution in [0.3, 0.4) is 0 Å². The predicted octanol–water partition coefficient (Wildman–Crippen LogP) is 1.21. The average Bonchev–Trinajstić information content (AvgIpc) is 3.03. The van der Waals surface area contributed by atoms with Gasteiger partial charge in [-0.3, -0.25) is 4.68 Å². The SMILES string of the molecule is CCOC(=O)c1cnn([C@H]2CN(C(=O)OC(C)(C)C)C[C@@H]2O)c1. The first-order valence-corrected chi connectivity index (χ1v) is 7.58. The quantitative estimate of drug-likeness (QED) is 0.840. The molecule has 1 aromatic heterocycles. The number of esters is 1. The first kappa shape index (κ1) is 17.3. The summed E-state index contributed by atoms with van der Waals surface area (Å²) in [6.07, 6.45) is 1.65. The summed E-state index contributed by atoms with van der Waals surface area (Å²) in [5.41, 5.74) is -0.280. The molecule has 0 aliphatic carbocycles. The number of likely N-dealkylation sites (tertiary alicyclic amines) is 1. The molecule has 1 aromatic rings. The summed E-state index contributed by atoms with van der Waals surface area (Å²) in [4.78, 5) is 25.2. The van der Waals surface area contributed by atoms with E-state index in [0.717, 1.165) is 0 Å². The van der Waals surface area contributed by atoms with Crippen LogP contribution in [0.15, 0.2) is 12.4 Å². The number of amides is 1. The van der Waals surface area contributed by atoms with E-state index in [4.69, 9.17) is 9.47 Å². The highest BCUT2D eigenvalue weighted by Gasteiger charge is 2.37. The van der Waals surface area contributed by atoms with Gasteiger partial charge in [0.2, 0.25) is 0 Å². The van der Waals surface area contributed by atoms with E-state index in [0.29, 0.717) is 5.56 Å². The number of carbonyl (C=O) groups is 2. The van der Waals surface area contributed by atoms with E-state index in [1.807, 2.05) is 0 Å². The molecule has 1 aliphatic rings. The number of hydrogen-bond donors (Lipinski definition) is 1. The standard InChI is InChI=1S/C15H23N3O5/c1-5-22-13(20)10-6-16-18(7-10)11-8-17(9-12(11)19)14(21)23-15(2,3)4/h6-7,11-12,19H,5,8-9H2,1-4H3/t11-,12-/m0/s1. The molecule has 0 unspecified atom stereocenters. The second kappa shape index (κ2) is 6.57. The fourth-order valence-electron chi connectivity index (χ4n) is 2.34. The van der Waals surface area contributed by atoms with Gasteiger partial charge in [-0.15, -0.1) is 0 Å². The summed E-state index contributed by atoms with van der Waals surface area (Å²) in [5, 5.41) is 14.3. The minimum Gasteiger partial charge on any atom is -0.462 e. The lowest BCUT2D eigenvalue weighted by molar-refractivity contribution is 0.0269. The molecule has 128 valence electrons. The van der Waals surface area contributed by atoms with Gasteiger partial charge in [-0.1, -0.05) is 0 Å². The Morgan fingerprint density at radius 2 is 2.09 bits per heavy atom. The van der Waals surface area contributed by atoms with Gasteiger partial charge in [0.05, 0.1) is 37.1 Å². The number of aliphatic hydroxyl groups excluding tert-OH is 1. The number of hydrogen-bond acceptors (Lipinski definition) is 6. The molecule has 2 heterocycles. The van der Waals surface area contributed by atoms with Crippen LogP contribution in [0.25, 0.3) is 0 Å². The topological polar surface area (TPSA) is 93.9 Å². The van der Waals surface area contributed by atoms with E-state index in [2.05, 4.69) is 5.10 Å². The second-order valence-electron chi connectivity index (χ2n) is 6.45. The van der Waals surface area contributed by atoms with Crippen LogP contribution in [-0.2, 0) is 9.47 Å². The van der Waals surface area contributed by atoms with Gasteiger partial charge < -0.3 is 19.5 Å². The maximum absolute atomic E-state index is 12.1. The van der Waals surface area contributed by atoms with Crippen molar-refractivity contribution in [1.29, 1.82) is 0 Å². The van der Waals surface area contributed by atoms with Crippen molar-refractivity contribution in [2.45, 2.75) is 45.4 Å². The summed E-state index contributed by atoms with van der Waals surface area (Å²) in [6.45, 7) is 7.79. The number of aliphatic hydroxyl groups is 1. The predicted molar refractivity (Wildman–Crippen MR) is 81.0 cm³/mol. The summed E-state index contributed by atoms with van der Waals surface area (Å²) in [7, 11) is 0. The molecule has 0 spiro atoms. The van der Waals surface area contributed by atoms with Crippen LogP contribution in [0.4, 0.5) is 4.79 Å². The van der Waals surface area contributed by atoms with Crippen LogP contribution in [0.2, 0.25) is 0 Å². The van der Waals surface area contributed by atoms with Crippen LogP contribution in [0.1, 0.15) is 44.1 Å². The monoisotopic (exact) mass is 325 g/mol. The Balaban J connectivity index is 2.04. The Morgan fingerprint density at radius 1 is 1.39 bits per heavy atom. The van der Waals surface area contributed by atoms with Crippen LogP contribution >= 0.6 is 0 Å². The van der Waals surface area contributed by atoms with Crippen LogP contribution in [-0.4, -0.2) is 63.3 Å². The number of ether oxygens (including phenoxy) is 2. The summed E-state index contributed by atoms with van der Waals surface area (Å²) >= 11 is 0. The van der Waals surface area contributed by atoms with Gasteiger partial charge in [0.15, 0.2) is 0 Å². The van der Waals surface area contributed by atoms with Crippen molar-refractivity contribution in [3.63, 3.8) is 0 Å². The van der Waals surface area contributed by atoms with Crippen LogP contribution in [0.5, 0.6) is 0 Å². The molecule has 8 nitrogen and oxygen atoms in total. The zero-order valence-corrected chi connectivity index (χ0v) is 13.9. The molecule has 1 N–H and O–H groups in total. The van der Waals surface area contributed by atoms with Gasteiger partial charge in [0.25, 0.3) is 0 Å². The molecular formula is C15H23N3O5. The smallest absolute Gasteiger partial charge is 0.410 e. The van der Waals surface area contributed by atoms with E-state index in [1.54, 1.807) is 27.7 Å². The first-order chi connectivity index (χ1) is 10.7. The first-order valence-electron chi connectivity index (χ1n) is 7.58. The molecule has 1 aliphatic heterocycles. The lowest BCUT2D eigenvalue weighted by Crippen LogP contribution is -2.35. The third-order valence-electron chi connectivity index (χ3n) is 3.36. The van der Waals surface area contributed by atoms with Crippen molar-refractivity contribution in [2.24, 2.45) is 0 Å². The van der Waals surface area contributed by atoms with Crippen molar-refractivity contribution in [1.82, 2.24) is 14.7 Å². The highest BCUT2D eigenvalue weighted by Crippen LogP contribution is 2.24. The van der Waals surface area contributed by atoms with E-state index >= 15 is 0 Å². The lowest BCUT2D eigenvalue weighted by Gasteiger charge is -2.24. The molecular weight excluding hydrogens is 302 g/mol. The Labute approximate surface area is 135 Å². The maximum atomic E-state index is 12.1. The Bertz CT molecular complexity index is 578. The number of aromatic nitrogens is 2. The Morgan fingerprint density at radius 3 is 2.70 bits per heavy atom. The van der Waals surface area contributed by atoms with Gasteiger partial charge in [0.1, 0.15) is 5.60 Å². The summed E-state index contributed by atoms with van der Waals surface area (Å²) < 4.78 is 11.7. The highest BCUT2D eigenvalue weighted by atomic mass is 16.6. The fourth-order valence-corrected chi connectivity index (χ4v) is 2.34. The largest absolute Gasteiger partial charge is 0.462 e. The van der Waals surface area contributed by atoms with Crippen molar-refractivity contribution in [3.05, 3.63) is 18.0 Å². The number of nitrogens with zero attached hydrogens (tertiary/aromatic N) is 3. The molecule has 1 saturated heterocycles. The third kappa shape index (κ3) is 4.22. The highest BCUT2D eigenvalue weighted by molar-refractivity contribution is 5.88. The maximum Gasteiger partial charge on any atom is 0.410 e. The average molecular weight is 325 g/mol.